The van der Waals surface area contributed by atoms with Gasteiger partial charge in [-0.1, -0.05) is 36.4 Å². The van der Waals surface area contributed by atoms with Crippen molar-refractivity contribution < 1.29 is 4.74 Å². The summed E-state index contributed by atoms with van der Waals surface area (Å²) in [6, 6.07) is 13.9. The lowest BCUT2D eigenvalue weighted by molar-refractivity contribution is 0.128. The molecule has 25 heavy (non-hydrogen) atoms. The molecule has 1 aromatic heterocycles. The number of nitrogens with zero attached hydrogens (tertiary/aromatic N) is 2. The van der Waals surface area contributed by atoms with Crippen molar-refractivity contribution in [2.45, 2.75) is 20.1 Å². The van der Waals surface area contributed by atoms with Crippen LogP contribution < -0.4 is 16.4 Å². The van der Waals surface area contributed by atoms with Crippen LogP contribution in [0.25, 0.3) is 0 Å². The van der Waals surface area contributed by atoms with Crippen molar-refractivity contribution in [2.24, 2.45) is 10.7 Å². The third-order valence-corrected chi connectivity index (χ3v) is 3.65. The van der Waals surface area contributed by atoms with E-state index in [9.17, 15) is 0 Å². The highest BCUT2D eigenvalue weighted by atomic mass is 32.1. The largest absolute Gasteiger partial charge is 0.375 e. The summed E-state index contributed by atoms with van der Waals surface area (Å²) in [6.45, 7) is 4.06. The van der Waals surface area contributed by atoms with Crippen LogP contribution in [0.5, 0.6) is 0 Å². The number of nitrogens with two attached hydrogens (primary N) is 1. The lowest BCUT2D eigenvalue weighted by Gasteiger charge is -2.10. The maximum atomic E-state index is 5.81. The number of hydrogen-bond acceptors (Lipinski definition) is 4. The second kappa shape index (κ2) is 10.4. The van der Waals surface area contributed by atoms with Crippen molar-refractivity contribution >= 4 is 23.3 Å². The number of aromatic nitrogens is 1. The Balaban J connectivity index is 1.63. The summed E-state index contributed by atoms with van der Waals surface area (Å²) in [4.78, 5) is 8.48. The summed E-state index contributed by atoms with van der Waals surface area (Å²) < 4.78 is 5.55. The van der Waals surface area contributed by atoms with Crippen LogP contribution in [0, 0.1) is 6.92 Å². The molecule has 0 bridgehead atoms. The highest BCUT2D eigenvalue weighted by molar-refractivity contribution is 7.80. The summed E-state index contributed by atoms with van der Waals surface area (Å²) in [6.07, 6.45) is 1.76. The van der Waals surface area contributed by atoms with E-state index < -0.39 is 0 Å². The van der Waals surface area contributed by atoms with Crippen LogP contribution in [0.15, 0.2) is 53.7 Å². The number of guanidine groups is 1. The maximum absolute atomic E-state index is 5.81. The fourth-order valence-corrected chi connectivity index (χ4v) is 2.24. The third-order valence-electron chi connectivity index (χ3n) is 3.41. The minimum atomic E-state index is 0.263. The van der Waals surface area contributed by atoms with Gasteiger partial charge in [-0.3, -0.25) is 9.98 Å². The van der Waals surface area contributed by atoms with Gasteiger partial charge in [-0.15, -0.1) is 0 Å². The van der Waals surface area contributed by atoms with Crippen molar-refractivity contribution in [3.8, 4) is 0 Å². The standard InChI is InChI=1S/C18H23N5OS/c1-14-6-5-9-20-16(14)12-22-18(25)23-17(19)21-10-11-24-13-15-7-3-2-4-8-15/h2-9H,10-13H2,1H3,(H4,19,21,22,23,25). The number of benzene rings is 1. The average molecular weight is 357 g/mol. The Bertz CT molecular complexity index is 706. The lowest BCUT2D eigenvalue weighted by Crippen LogP contribution is -2.43. The quantitative estimate of drug-likeness (QED) is 0.304. The Morgan fingerprint density at radius 3 is 2.80 bits per heavy atom. The van der Waals surface area contributed by atoms with Crippen molar-refractivity contribution in [3.05, 3.63) is 65.5 Å². The summed E-state index contributed by atoms with van der Waals surface area (Å²) in [5, 5.41) is 6.32. The van der Waals surface area contributed by atoms with Crippen LogP contribution in [0.4, 0.5) is 0 Å². The zero-order valence-electron chi connectivity index (χ0n) is 14.2. The first-order valence-corrected chi connectivity index (χ1v) is 8.43. The first kappa shape index (κ1) is 18.8. The molecule has 2 rings (SSSR count). The van der Waals surface area contributed by atoms with Gasteiger partial charge in [0.05, 0.1) is 32.0 Å². The summed E-state index contributed by atoms with van der Waals surface area (Å²) >= 11 is 5.20. The molecule has 4 N–H and O–H groups in total. The van der Waals surface area contributed by atoms with E-state index in [1.165, 1.54) is 0 Å². The van der Waals surface area contributed by atoms with Crippen molar-refractivity contribution in [1.29, 1.82) is 0 Å². The number of ether oxygens (including phenoxy) is 1. The average Bonchev–Trinajstić information content (AvgIpc) is 2.61. The molecule has 0 aliphatic rings. The van der Waals surface area contributed by atoms with E-state index in [2.05, 4.69) is 20.6 Å². The molecule has 0 saturated heterocycles. The van der Waals surface area contributed by atoms with E-state index in [1.54, 1.807) is 6.20 Å². The molecular weight excluding hydrogens is 334 g/mol. The van der Waals surface area contributed by atoms with E-state index in [0.29, 0.717) is 31.4 Å². The Morgan fingerprint density at radius 1 is 1.24 bits per heavy atom. The van der Waals surface area contributed by atoms with Gasteiger partial charge < -0.3 is 21.1 Å². The zero-order valence-corrected chi connectivity index (χ0v) is 15.1. The summed E-state index contributed by atoms with van der Waals surface area (Å²) in [5.74, 6) is 0.263. The smallest absolute Gasteiger partial charge is 0.194 e. The van der Waals surface area contributed by atoms with Crippen molar-refractivity contribution in [1.82, 2.24) is 15.6 Å². The number of pyridine rings is 1. The SMILES string of the molecule is Cc1cccnc1CNC(=S)NC(N)=NCCOCc1ccccc1. The van der Waals surface area contributed by atoms with Crippen LogP contribution in [0.3, 0.4) is 0 Å². The molecule has 0 spiro atoms. The summed E-state index contributed by atoms with van der Waals surface area (Å²) in [7, 11) is 0. The second-order valence-electron chi connectivity index (χ2n) is 5.38. The van der Waals surface area contributed by atoms with Gasteiger partial charge in [-0.2, -0.15) is 0 Å². The molecule has 7 heteroatoms. The minimum absolute atomic E-state index is 0.263. The van der Waals surface area contributed by atoms with Crippen LogP contribution in [-0.4, -0.2) is 29.2 Å². The van der Waals surface area contributed by atoms with Crippen LogP contribution in [0.2, 0.25) is 0 Å². The monoisotopic (exact) mass is 357 g/mol. The number of nitrogens with one attached hydrogen (secondary N) is 2. The van der Waals surface area contributed by atoms with Gasteiger partial charge >= 0.3 is 0 Å². The Morgan fingerprint density at radius 2 is 2.04 bits per heavy atom. The van der Waals surface area contributed by atoms with E-state index in [-0.39, 0.29) is 5.96 Å². The van der Waals surface area contributed by atoms with Crippen LogP contribution in [0.1, 0.15) is 16.8 Å². The van der Waals surface area contributed by atoms with Gasteiger partial charge in [0.25, 0.3) is 0 Å². The molecule has 6 nitrogen and oxygen atoms in total. The van der Waals surface area contributed by atoms with E-state index >= 15 is 0 Å². The number of thiocarbonyl (C=S) groups is 1. The van der Waals surface area contributed by atoms with E-state index in [4.69, 9.17) is 22.7 Å². The summed E-state index contributed by atoms with van der Waals surface area (Å²) in [5.41, 5.74) is 8.99. The lowest BCUT2D eigenvalue weighted by atomic mass is 10.2. The van der Waals surface area contributed by atoms with Crippen LogP contribution in [-0.2, 0) is 17.9 Å². The Labute approximate surface area is 153 Å². The molecule has 1 heterocycles. The molecule has 132 valence electrons. The van der Waals surface area contributed by atoms with Crippen molar-refractivity contribution in [3.63, 3.8) is 0 Å². The van der Waals surface area contributed by atoms with E-state index in [1.807, 2.05) is 49.4 Å². The van der Waals surface area contributed by atoms with Gasteiger partial charge in [-0.25, -0.2) is 0 Å². The highest BCUT2D eigenvalue weighted by Gasteiger charge is 2.01. The predicted octanol–water partition coefficient (Wildman–Crippen LogP) is 1.89. The van der Waals surface area contributed by atoms with E-state index in [0.717, 1.165) is 16.8 Å². The molecular formula is C18H23N5OS. The Kier molecular flexibility index (Phi) is 7.81. The first-order valence-electron chi connectivity index (χ1n) is 8.02. The normalized spacial score (nSPS) is 11.2. The topological polar surface area (TPSA) is 84.6 Å². The van der Waals surface area contributed by atoms with Crippen LogP contribution >= 0.6 is 12.2 Å². The number of hydrogen-bond donors (Lipinski definition) is 3. The zero-order chi connectivity index (χ0) is 17.9. The minimum Gasteiger partial charge on any atom is -0.375 e. The van der Waals surface area contributed by atoms with Gasteiger partial charge in [0.1, 0.15) is 0 Å². The fraction of sp³-hybridized carbons (Fsp3) is 0.278. The number of aliphatic imine (C=N–C) groups is 1. The second-order valence-corrected chi connectivity index (χ2v) is 5.79. The highest BCUT2D eigenvalue weighted by Crippen LogP contribution is 2.02. The fourth-order valence-electron chi connectivity index (χ4n) is 2.06. The molecule has 0 saturated carbocycles. The molecule has 0 unspecified atom stereocenters. The predicted molar refractivity (Wildman–Crippen MR) is 104 cm³/mol. The van der Waals surface area contributed by atoms with Gasteiger partial charge in [0, 0.05) is 6.20 Å². The molecule has 2 aromatic rings. The molecule has 0 aliphatic heterocycles. The van der Waals surface area contributed by atoms with Gasteiger partial charge in [0.2, 0.25) is 0 Å². The molecule has 0 fully saturated rings. The van der Waals surface area contributed by atoms with Gasteiger partial charge in [-0.05, 0) is 36.3 Å². The molecule has 0 atom stereocenters. The van der Waals surface area contributed by atoms with Crippen molar-refractivity contribution in [2.75, 3.05) is 13.2 Å². The number of rotatable bonds is 7. The molecule has 0 amide bonds. The molecule has 1 aromatic carbocycles. The maximum Gasteiger partial charge on any atom is 0.194 e. The Hall–Kier alpha value is -2.51. The number of aryl methyl sites for hydroxylation is 1. The third kappa shape index (κ3) is 7.28. The first-order chi connectivity index (χ1) is 12.1. The molecule has 0 aliphatic carbocycles. The molecule has 0 radical (unpaired) electrons. The van der Waals surface area contributed by atoms with Gasteiger partial charge in [0.15, 0.2) is 11.1 Å².